The number of benzene rings is 2. The van der Waals surface area contributed by atoms with Gasteiger partial charge in [-0.25, -0.2) is 14.4 Å². The van der Waals surface area contributed by atoms with Crippen LogP contribution in [0.1, 0.15) is 5.56 Å². The van der Waals surface area contributed by atoms with Crippen LogP contribution in [0.2, 0.25) is 5.15 Å². The minimum atomic E-state index is -0.350. The molecule has 166 valence electrons. The summed E-state index contributed by atoms with van der Waals surface area (Å²) in [5, 5.41) is 3.52. The van der Waals surface area contributed by atoms with Crippen LogP contribution in [0.3, 0.4) is 0 Å². The Hall–Kier alpha value is -2.84. The van der Waals surface area contributed by atoms with Crippen LogP contribution in [-0.4, -0.2) is 47.8 Å². The summed E-state index contributed by atoms with van der Waals surface area (Å²) in [6.45, 7) is 5.53. The lowest BCUT2D eigenvalue weighted by Crippen LogP contribution is -2.47. The van der Waals surface area contributed by atoms with Crippen molar-refractivity contribution in [3.05, 3.63) is 71.1 Å². The van der Waals surface area contributed by atoms with E-state index >= 15 is 0 Å². The molecule has 4 rings (SSSR count). The molecule has 1 N–H and O–H groups in total. The third-order valence-electron chi connectivity index (χ3n) is 5.18. The molecule has 0 radical (unpaired) electrons. The number of nitrogens with one attached hydrogen (secondary N) is 1. The van der Waals surface area contributed by atoms with Crippen LogP contribution in [0.5, 0.6) is 0 Å². The Morgan fingerprint density at radius 3 is 2.47 bits per heavy atom. The number of carbonyl (C=O) groups excluding carboxylic acids is 1. The molecule has 3 aromatic rings. The Morgan fingerprint density at radius 2 is 1.75 bits per heavy atom. The van der Waals surface area contributed by atoms with Gasteiger partial charge in [-0.2, -0.15) is 0 Å². The monoisotopic (exact) mass is 471 g/mol. The normalized spacial score (nSPS) is 13.8. The van der Waals surface area contributed by atoms with Crippen LogP contribution >= 0.6 is 23.4 Å². The minimum absolute atomic E-state index is 0.123. The second-order valence-electron chi connectivity index (χ2n) is 7.44. The molecule has 32 heavy (non-hydrogen) atoms. The number of anilines is 3. The quantitative estimate of drug-likeness (QED) is 0.321. The third kappa shape index (κ3) is 5.69. The van der Waals surface area contributed by atoms with Crippen molar-refractivity contribution in [3.8, 4) is 0 Å². The molecule has 0 aliphatic carbocycles. The highest BCUT2D eigenvalue weighted by molar-refractivity contribution is 7.99. The fourth-order valence-corrected chi connectivity index (χ4v) is 4.45. The van der Waals surface area contributed by atoms with Gasteiger partial charge < -0.3 is 15.1 Å². The average molecular weight is 472 g/mol. The maximum atomic E-state index is 13.0. The number of thioether (sulfide) groups is 1. The van der Waals surface area contributed by atoms with E-state index in [-0.39, 0.29) is 17.5 Å². The number of piperazine rings is 1. The van der Waals surface area contributed by atoms with Crippen LogP contribution < -0.4 is 15.1 Å². The molecule has 2 aromatic carbocycles. The molecule has 1 aromatic heterocycles. The number of aromatic nitrogens is 2. The second-order valence-corrected chi connectivity index (χ2v) is 8.77. The third-order valence-corrected chi connectivity index (χ3v) is 6.22. The van der Waals surface area contributed by atoms with Crippen molar-refractivity contribution < 1.29 is 9.18 Å². The number of aryl methyl sites for hydroxylation is 1. The Balaban J connectivity index is 1.35. The van der Waals surface area contributed by atoms with E-state index in [1.165, 1.54) is 47.3 Å². The first-order chi connectivity index (χ1) is 15.5. The predicted molar refractivity (Wildman–Crippen MR) is 128 cm³/mol. The van der Waals surface area contributed by atoms with Gasteiger partial charge in [-0.3, -0.25) is 4.79 Å². The lowest BCUT2D eigenvalue weighted by atomic mass is 10.1. The number of hydrogen-bond donors (Lipinski definition) is 1. The molecule has 1 aliphatic heterocycles. The summed E-state index contributed by atoms with van der Waals surface area (Å²) in [7, 11) is 0. The Kier molecular flexibility index (Phi) is 7.12. The SMILES string of the molecule is Cc1ccccc1N1CCN(c2cc(Cl)nc(SCC(=O)Nc3ccc(F)cc3)n2)CC1. The van der Waals surface area contributed by atoms with Gasteiger partial charge in [0.05, 0.1) is 5.75 Å². The van der Waals surface area contributed by atoms with E-state index in [9.17, 15) is 9.18 Å². The van der Waals surface area contributed by atoms with E-state index in [0.29, 0.717) is 16.0 Å². The largest absolute Gasteiger partial charge is 0.368 e. The van der Waals surface area contributed by atoms with Crippen LogP contribution in [-0.2, 0) is 4.79 Å². The first kappa shape index (κ1) is 22.4. The topological polar surface area (TPSA) is 61.4 Å². The van der Waals surface area contributed by atoms with E-state index < -0.39 is 0 Å². The van der Waals surface area contributed by atoms with Gasteiger partial charge in [0.15, 0.2) is 5.16 Å². The van der Waals surface area contributed by atoms with E-state index in [2.05, 4.69) is 56.3 Å². The van der Waals surface area contributed by atoms with Gasteiger partial charge in [0.25, 0.3) is 0 Å². The molecule has 0 atom stereocenters. The lowest BCUT2D eigenvalue weighted by molar-refractivity contribution is -0.113. The van der Waals surface area contributed by atoms with Gasteiger partial charge in [-0.05, 0) is 42.8 Å². The van der Waals surface area contributed by atoms with Gasteiger partial charge in [0, 0.05) is 43.6 Å². The van der Waals surface area contributed by atoms with Crippen LogP contribution in [0.15, 0.2) is 59.8 Å². The van der Waals surface area contributed by atoms with Gasteiger partial charge in [-0.1, -0.05) is 41.6 Å². The number of hydrogen-bond acceptors (Lipinski definition) is 6. The molecule has 6 nitrogen and oxygen atoms in total. The molecule has 0 spiro atoms. The van der Waals surface area contributed by atoms with Crippen molar-refractivity contribution in [1.29, 1.82) is 0 Å². The van der Waals surface area contributed by atoms with Gasteiger partial charge in [-0.15, -0.1) is 0 Å². The van der Waals surface area contributed by atoms with Crippen LogP contribution in [0.4, 0.5) is 21.6 Å². The van der Waals surface area contributed by atoms with E-state index in [1.54, 1.807) is 6.07 Å². The van der Waals surface area contributed by atoms with Crippen molar-refractivity contribution in [2.45, 2.75) is 12.1 Å². The van der Waals surface area contributed by atoms with Crippen LogP contribution in [0.25, 0.3) is 0 Å². The zero-order chi connectivity index (χ0) is 22.5. The lowest BCUT2D eigenvalue weighted by Gasteiger charge is -2.37. The summed E-state index contributed by atoms with van der Waals surface area (Å²) >= 11 is 7.45. The molecule has 0 unspecified atom stereocenters. The summed E-state index contributed by atoms with van der Waals surface area (Å²) in [6, 6.07) is 15.8. The molecule has 1 fully saturated rings. The minimum Gasteiger partial charge on any atom is -0.368 e. The molecule has 1 aliphatic rings. The molecule has 0 saturated carbocycles. The fourth-order valence-electron chi connectivity index (χ4n) is 3.57. The number of para-hydroxylation sites is 1. The Bertz CT molecular complexity index is 1090. The van der Waals surface area contributed by atoms with Crippen LogP contribution in [0, 0.1) is 12.7 Å². The van der Waals surface area contributed by atoms with E-state index in [0.717, 1.165) is 32.0 Å². The highest BCUT2D eigenvalue weighted by atomic mass is 35.5. The zero-order valence-electron chi connectivity index (χ0n) is 17.6. The highest BCUT2D eigenvalue weighted by Gasteiger charge is 2.20. The van der Waals surface area contributed by atoms with Crippen molar-refractivity contribution >= 4 is 46.5 Å². The Labute approximate surface area is 195 Å². The van der Waals surface area contributed by atoms with Crippen molar-refractivity contribution in [2.75, 3.05) is 47.0 Å². The number of carbonyl (C=O) groups is 1. The highest BCUT2D eigenvalue weighted by Crippen LogP contribution is 2.25. The number of halogens is 2. The van der Waals surface area contributed by atoms with Gasteiger partial charge in [0.2, 0.25) is 5.91 Å². The van der Waals surface area contributed by atoms with Crippen molar-refractivity contribution in [3.63, 3.8) is 0 Å². The van der Waals surface area contributed by atoms with E-state index in [1.807, 2.05) is 0 Å². The fraction of sp³-hybridized carbons (Fsp3) is 0.261. The second kappa shape index (κ2) is 10.2. The molecule has 1 amide bonds. The molecular weight excluding hydrogens is 449 g/mol. The molecular formula is C23H23ClFN5OS. The summed E-state index contributed by atoms with van der Waals surface area (Å²) in [4.78, 5) is 25.6. The molecule has 1 saturated heterocycles. The summed E-state index contributed by atoms with van der Waals surface area (Å²) in [6.07, 6.45) is 0. The van der Waals surface area contributed by atoms with Crippen molar-refractivity contribution in [1.82, 2.24) is 9.97 Å². The number of amides is 1. The van der Waals surface area contributed by atoms with E-state index in [4.69, 9.17) is 11.6 Å². The summed E-state index contributed by atoms with van der Waals surface area (Å²) in [5.74, 6) is 0.310. The maximum absolute atomic E-state index is 13.0. The number of rotatable bonds is 6. The van der Waals surface area contributed by atoms with Gasteiger partial charge >= 0.3 is 0 Å². The zero-order valence-corrected chi connectivity index (χ0v) is 19.2. The Morgan fingerprint density at radius 1 is 1.06 bits per heavy atom. The number of nitrogens with zero attached hydrogens (tertiary/aromatic N) is 4. The maximum Gasteiger partial charge on any atom is 0.234 e. The first-order valence-electron chi connectivity index (χ1n) is 10.3. The molecule has 0 bridgehead atoms. The average Bonchev–Trinajstić information content (AvgIpc) is 2.79. The summed E-state index contributed by atoms with van der Waals surface area (Å²) < 4.78 is 13.0. The molecule has 2 heterocycles. The van der Waals surface area contributed by atoms with Gasteiger partial charge in [0.1, 0.15) is 16.8 Å². The summed E-state index contributed by atoms with van der Waals surface area (Å²) in [5.41, 5.74) is 3.07. The predicted octanol–water partition coefficient (Wildman–Crippen LogP) is 4.63. The first-order valence-corrected chi connectivity index (χ1v) is 11.6. The smallest absolute Gasteiger partial charge is 0.234 e. The van der Waals surface area contributed by atoms with Crippen molar-refractivity contribution in [2.24, 2.45) is 0 Å². The standard InChI is InChI=1S/C23H23ClFN5OS/c1-16-4-2-3-5-19(16)29-10-12-30(13-11-29)21-14-20(24)27-23(28-21)32-15-22(31)26-18-8-6-17(25)7-9-18/h2-9,14H,10-13,15H2,1H3,(H,26,31). The molecule has 9 heteroatoms.